The summed E-state index contributed by atoms with van der Waals surface area (Å²) in [4.78, 5) is 16.2. The van der Waals surface area contributed by atoms with Crippen molar-refractivity contribution in [2.45, 2.75) is 52.1 Å². The highest BCUT2D eigenvalue weighted by Gasteiger charge is 2.20. The van der Waals surface area contributed by atoms with E-state index in [9.17, 15) is 4.79 Å². The molecular formula is C20H29N3O4. The van der Waals surface area contributed by atoms with Gasteiger partial charge in [0.15, 0.2) is 5.82 Å². The van der Waals surface area contributed by atoms with Crippen LogP contribution in [-0.4, -0.2) is 36.3 Å². The summed E-state index contributed by atoms with van der Waals surface area (Å²) in [6.45, 7) is 7.57. The topological polar surface area (TPSA) is 86.5 Å². The fraction of sp³-hybridized carbons (Fsp3) is 0.550. The molecule has 7 heteroatoms. The van der Waals surface area contributed by atoms with E-state index in [2.05, 4.69) is 15.5 Å². The smallest absolute Gasteiger partial charge is 0.226 e. The molecule has 0 aliphatic rings. The van der Waals surface area contributed by atoms with E-state index < -0.39 is 0 Å². The highest BCUT2D eigenvalue weighted by molar-refractivity contribution is 5.75. The highest BCUT2D eigenvalue weighted by atomic mass is 16.5. The molecule has 148 valence electrons. The molecule has 1 aromatic heterocycles. The summed E-state index contributed by atoms with van der Waals surface area (Å²) in [7, 11) is 1.64. The molecule has 7 nitrogen and oxygen atoms in total. The lowest BCUT2D eigenvalue weighted by Gasteiger charge is -2.10. The molecular weight excluding hydrogens is 346 g/mol. The summed E-state index contributed by atoms with van der Waals surface area (Å²) in [5, 5.41) is 6.83. The van der Waals surface area contributed by atoms with Gasteiger partial charge in [-0.2, -0.15) is 4.98 Å². The molecule has 1 N–H and O–H groups in total. The van der Waals surface area contributed by atoms with Crippen LogP contribution in [0.3, 0.4) is 0 Å². The zero-order valence-corrected chi connectivity index (χ0v) is 16.6. The predicted octanol–water partition coefficient (Wildman–Crippen LogP) is 3.03. The SMILES string of the molecule is COc1ccc(COCCNC(=O)CCCc2nc(C(C)(C)C)no2)cc1. The van der Waals surface area contributed by atoms with Crippen LogP contribution in [0.5, 0.6) is 5.75 Å². The Morgan fingerprint density at radius 1 is 1.22 bits per heavy atom. The van der Waals surface area contributed by atoms with Crippen LogP contribution in [0.1, 0.15) is 50.9 Å². The third kappa shape index (κ3) is 7.38. The van der Waals surface area contributed by atoms with Gasteiger partial charge >= 0.3 is 0 Å². The third-order valence-corrected chi connectivity index (χ3v) is 3.93. The molecule has 2 aromatic rings. The maximum absolute atomic E-state index is 11.9. The van der Waals surface area contributed by atoms with Gasteiger partial charge in [-0.1, -0.05) is 38.1 Å². The summed E-state index contributed by atoms with van der Waals surface area (Å²) < 4.78 is 15.9. The van der Waals surface area contributed by atoms with Gasteiger partial charge in [0.25, 0.3) is 0 Å². The van der Waals surface area contributed by atoms with E-state index in [1.165, 1.54) is 0 Å². The minimum Gasteiger partial charge on any atom is -0.497 e. The number of carbonyl (C=O) groups excluding carboxylic acids is 1. The lowest BCUT2D eigenvalue weighted by Crippen LogP contribution is -2.27. The Balaban J connectivity index is 1.55. The molecule has 1 aromatic carbocycles. The van der Waals surface area contributed by atoms with Crippen molar-refractivity contribution in [1.29, 1.82) is 0 Å². The van der Waals surface area contributed by atoms with E-state index in [-0.39, 0.29) is 11.3 Å². The van der Waals surface area contributed by atoms with E-state index in [1.807, 2.05) is 45.0 Å². The Hall–Kier alpha value is -2.41. The van der Waals surface area contributed by atoms with Gasteiger partial charge in [-0.05, 0) is 24.1 Å². The second kappa shape index (κ2) is 10.1. The van der Waals surface area contributed by atoms with Crippen LogP contribution >= 0.6 is 0 Å². The number of nitrogens with zero attached hydrogens (tertiary/aromatic N) is 2. The first-order valence-electron chi connectivity index (χ1n) is 9.19. The zero-order valence-electron chi connectivity index (χ0n) is 16.6. The van der Waals surface area contributed by atoms with Gasteiger partial charge < -0.3 is 19.3 Å². The van der Waals surface area contributed by atoms with Crippen molar-refractivity contribution in [3.63, 3.8) is 0 Å². The van der Waals surface area contributed by atoms with Crippen molar-refractivity contribution in [1.82, 2.24) is 15.5 Å². The molecule has 0 saturated carbocycles. The van der Waals surface area contributed by atoms with Crippen LogP contribution in [0.4, 0.5) is 0 Å². The monoisotopic (exact) mass is 375 g/mol. The largest absolute Gasteiger partial charge is 0.497 e. The van der Waals surface area contributed by atoms with Gasteiger partial charge in [-0.15, -0.1) is 0 Å². The number of ether oxygens (including phenoxy) is 2. The van der Waals surface area contributed by atoms with E-state index in [0.29, 0.717) is 50.7 Å². The number of amides is 1. The second-order valence-electron chi connectivity index (χ2n) is 7.37. The molecule has 0 spiro atoms. The molecule has 0 fully saturated rings. The molecule has 0 radical (unpaired) electrons. The number of benzene rings is 1. The molecule has 0 atom stereocenters. The number of aryl methyl sites for hydroxylation is 1. The van der Waals surface area contributed by atoms with Crippen molar-refractivity contribution in [3.05, 3.63) is 41.5 Å². The van der Waals surface area contributed by atoms with Gasteiger partial charge in [0.05, 0.1) is 20.3 Å². The van der Waals surface area contributed by atoms with Crippen molar-refractivity contribution < 1.29 is 18.8 Å². The summed E-state index contributed by atoms with van der Waals surface area (Å²) in [6.07, 6.45) is 1.69. The van der Waals surface area contributed by atoms with Crippen LogP contribution in [0.2, 0.25) is 0 Å². The first-order chi connectivity index (χ1) is 12.9. The van der Waals surface area contributed by atoms with Crippen LogP contribution in [0.15, 0.2) is 28.8 Å². The summed E-state index contributed by atoms with van der Waals surface area (Å²) in [6, 6.07) is 7.71. The Labute approximate surface area is 160 Å². The first kappa shape index (κ1) is 20.9. The van der Waals surface area contributed by atoms with E-state index in [0.717, 1.165) is 11.3 Å². The number of rotatable bonds is 10. The summed E-state index contributed by atoms with van der Waals surface area (Å²) >= 11 is 0. The summed E-state index contributed by atoms with van der Waals surface area (Å²) in [5.74, 6) is 2.09. The van der Waals surface area contributed by atoms with Gasteiger partial charge in [-0.25, -0.2) is 0 Å². The lowest BCUT2D eigenvalue weighted by molar-refractivity contribution is -0.121. The standard InChI is InChI=1S/C20H29N3O4/c1-20(2,3)19-22-18(27-23-19)7-5-6-17(24)21-12-13-26-14-15-8-10-16(25-4)11-9-15/h8-11H,5-7,12-14H2,1-4H3,(H,21,24). The minimum absolute atomic E-state index is 0.00129. The molecule has 0 aliphatic heterocycles. The number of carbonyl (C=O) groups is 1. The fourth-order valence-corrected chi connectivity index (χ4v) is 2.32. The fourth-order valence-electron chi connectivity index (χ4n) is 2.32. The first-order valence-corrected chi connectivity index (χ1v) is 9.19. The third-order valence-electron chi connectivity index (χ3n) is 3.93. The van der Waals surface area contributed by atoms with E-state index >= 15 is 0 Å². The maximum atomic E-state index is 11.9. The second-order valence-corrected chi connectivity index (χ2v) is 7.37. The van der Waals surface area contributed by atoms with Crippen LogP contribution in [0, 0.1) is 0 Å². The Kier molecular flexibility index (Phi) is 7.79. The Bertz CT molecular complexity index is 705. The molecule has 1 amide bonds. The van der Waals surface area contributed by atoms with Gasteiger partial charge in [-0.3, -0.25) is 4.79 Å². The number of hydrogen-bond acceptors (Lipinski definition) is 6. The maximum Gasteiger partial charge on any atom is 0.226 e. The van der Waals surface area contributed by atoms with E-state index in [4.69, 9.17) is 14.0 Å². The Morgan fingerprint density at radius 3 is 2.59 bits per heavy atom. The molecule has 27 heavy (non-hydrogen) atoms. The van der Waals surface area contributed by atoms with Crippen LogP contribution < -0.4 is 10.1 Å². The average Bonchev–Trinajstić information content (AvgIpc) is 3.11. The number of methoxy groups -OCH3 is 1. The minimum atomic E-state index is -0.134. The van der Waals surface area contributed by atoms with Crippen molar-refractivity contribution in [2.24, 2.45) is 0 Å². The highest BCUT2D eigenvalue weighted by Crippen LogP contribution is 2.18. The van der Waals surface area contributed by atoms with Crippen molar-refractivity contribution >= 4 is 5.91 Å². The number of nitrogens with one attached hydrogen (secondary N) is 1. The number of aromatic nitrogens is 2. The normalized spacial score (nSPS) is 11.4. The zero-order chi connectivity index (χ0) is 19.7. The van der Waals surface area contributed by atoms with Gasteiger partial charge in [0, 0.05) is 24.8 Å². The predicted molar refractivity (Wildman–Crippen MR) is 102 cm³/mol. The molecule has 0 bridgehead atoms. The van der Waals surface area contributed by atoms with Crippen molar-refractivity contribution in [2.75, 3.05) is 20.3 Å². The molecule has 0 aliphatic carbocycles. The van der Waals surface area contributed by atoms with Gasteiger partial charge in [0.2, 0.25) is 11.8 Å². The number of hydrogen-bond donors (Lipinski definition) is 1. The van der Waals surface area contributed by atoms with Gasteiger partial charge in [0.1, 0.15) is 5.75 Å². The lowest BCUT2D eigenvalue weighted by atomic mass is 9.96. The van der Waals surface area contributed by atoms with E-state index in [1.54, 1.807) is 7.11 Å². The molecule has 0 saturated heterocycles. The van der Waals surface area contributed by atoms with Crippen molar-refractivity contribution in [3.8, 4) is 5.75 Å². The molecule has 1 heterocycles. The summed E-state index contributed by atoms with van der Waals surface area (Å²) in [5.41, 5.74) is 0.932. The average molecular weight is 375 g/mol. The van der Waals surface area contributed by atoms with Crippen LogP contribution in [0.25, 0.3) is 0 Å². The molecule has 0 unspecified atom stereocenters. The molecule has 2 rings (SSSR count). The Morgan fingerprint density at radius 2 is 1.96 bits per heavy atom. The quantitative estimate of drug-likeness (QED) is 0.643. The van der Waals surface area contributed by atoms with Crippen LogP contribution in [-0.2, 0) is 28.0 Å².